The molecule has 3 aromatic rings. The van der Waals surface area contributed by atoms with Crippen LogP contribution in [0, 0.1) is 0 Å². The van der Waals surface area contributed by atoms with Crippen molar-refractivity contribution >= 4 is 5.97 Å². The summed E-state index contributed by atoms with van der Waals surface area (Å²) in [5.74, 6) is 0.578. The average Bonchev–Trinajstić information content (AvgIpc) is 2.72. The zero-order valence-corrected chi connectivity index (χ0v) is 14.6. The van der Waals surface area contributed by atoms with Gasteiger partial charge in [0.1, 0.15) is 5.75 Å². The van der Waals surface area contributed by atoms with Gasteiger partial charge in [0.2, 0.25) is 0 Å². The predicted molar refractivity (Wildman–Crippen MR) is 103 cm³/mol. The summed E-state index contributed by atoms with van der Waals surface area (Å²) in [7, 11) is 0. The molecule has 3 rings (SSSR count). The van der Waals surface area contributed by atoms with Gasteiger partial charge in [0.15, 0.2) is 0 Å². The Hall–Kier alpha value is -3.07. The molecule has 0 saturated heterocycles. The number of unbranched alkanes of at least 4 members (excludes halogenated alkanes) is 1. The van der Waals surface area contributed by atoms with Gasteiger partial charge >= 0.3 is 5.97 Å². The number of hydrogen-bond donors (Lipinski definition) is 0. The Balaban J connectivity index is 1.34. The zero-order valence-electron chi connectivity index (χ0n) is 14.6. The summed E-state index contributed by atoms with van der Waals surface area (Å²) >= 11 is 0. The summed E-state index contributed by atoms with van der Waals surface area (Å²) in [6.07, 6.45) is 1.61. The quantitative estimate of drug-likeness (QED) is 0.406. The fraction of sp³-hybridized carbons (Fsp3) is 0.174. The zero-order chi connectivity index (χ0) is 18.0. The van der Waals surface area contributed by atoms with Crippen molar-refractivity contribution in [2.75, 3.05) is 13.2 Å². The minimum absolute atomic E-state index is 0.275. The van der Waals surface area contributed by atoms with Crippen LogP contribution in [0.2, 0.25) is 0 Å². The lowest BCUT2D eigenvalue weighted by atomic mass is 10.1. The molecule has 0 heterocycles. The highest BCUT2D eigenvalue weighted by molar-refractivity contribution is 5.89. The van der Waals surface area contributed by atoms with Crippen molar-refractivity contribution in [2.45, 2.75) is 12.8 Å². The van der Waals surface area contributed by atoms with Crippen molar-refractivity contribution in [2.24, 2.45) is 0 Å². The summed E-state index contributed by atoms with van der Waals surface area (Å²) in [4.78, 5) is 11.8. The number of carbonyl (C=O) groups is 1. The molecule has 0 spiro atoms. The van der Waals surface area contributed by atoms with Gasteiger partial charge in [-0.25, -0.2) is 4.79 Å². The standard InChI is InChI=1S/C23H22O3/c24-23(21-11-5-2-6-12-21)26-18-8-7-17-25-22-15-13-20(14-16-22)19-9-3-1-4-10-19/h1-6,9-16H,7-8,17-18H2. The van der Waals surface area contributed by atoms with Crippen molar-refractivity contribution < 1.29 is 14.3 Å². The molecule has 3 nitrogen and oxygen atoms in total. The molecule has 26 heavy (non-hydrogen) atoms. The van der Waals surface area contributed by atoms with Crippen LogP contribution in [-0.2, 0) is 4.74 Å². The van der Waals surface area contributed by atoms with E-state index in [-0.39, 0.29) is 5.97 Å². The molecule has 0 aliphatic rings. The largest absolute Gasteiger partial charge is 0.494 e. The molecule has 3 aromatic carbocycles. The molecule has 0 bridgehead atoms. The van der Waals surface area contributed by atoms with Gasteiger partial charge in [0.05, 0.1) is 18.8 Å². The topological polar surface area (TPSA) is 35.5 Å². The predicted octanol–water partition coefficient (Wildman–Crippen LogP) is 5.37. The van der Waals surface area contributed by atoms with Gasteiger partial charge in [0.25, 0.3) is 0 Å². The Labute approximate surface area is 154 Å². The average molecular weight is 346 g/mol. The van der Waals surface area contributed by atoms with Gasteiger partial charge in [-0.05, 0) is 48.2 Å². The molecule has 0 atom stereocenters. The van der Waals surface area contributed by atoms with Crippen LogP contribution in [0.1, 0.15) is 23.2 Å². The monoisotopic (exact) mass is 346 g/mol. The summed E-state index contributed by atoms with van der Waals surface area (Å²) in [5, 5.41) is 0. The third kappa shape index (κ3) is 5.21. The SMILES string of the molecule is O=C(OCCCCOc1ccc(-c2ccccc2)cc1)c1ccccc1. The maximum atomic E-state index is 11.8. The number of esters is 1. The van der Waals surface area contributed by atoms with E-state index in [1.807, 2.05) is 48.5 Å². The summed E-state index contributed by atoms with van der Waals surface area (Å²) in [6, 6.07) is 27.4. The molecule has 0 amide bonds. The Morgan fingerprint density at radius 2 is 1.23 bits per heavy atom. The first-order valence-electron chi connectivity index (χ1n) is 8.83. The van der Waals surface area contributed by atoms with Gasteiger partial charge in [-0.3, -0.25) is 0 Å². The first-order chi connectivity index (χ1) is 12.8. The maximum absolute atomic E-state index is 11.8. The number of benzene rings is 3. The maximum Gasteiger partial charge on any atom is 0.338 e. The lowest BCUT2D eigenvalue weighted by molar-refractivity contribution is 0.0494. The Kier molecular flexibility index (Phi) is 6.43. The number of carbonyl (C=O) groups excluding carboxylic acids is 1. The molecule has 0 N–H and O–H groups in total. The first-order valence-corrected chi connectivity index (χ1v) is 8.83. The van der Waals surface area contributed by atoms with Crippen LogP contribution in [0.3, 0.4) is 0 Å². The summed E-state index contributed by atoms with van der Waals surface area (Å²) in [5.41, 5.74) is 2.95. The van der Waals surface area contributed by atoms with Crippen molar-refractivity contribution in [3.8, 4) is 16.9 Å². The van der Waals surface area contributed by atoms with Gasteiger partial charge in [-0.15, -0.1) is 0 Å². The van der Waals surface area contributed by atoms with Crippen molar-refractivity contribution in [3.63, 3.8) is 0 Å². The van der Waals surface area contributed by atoms with Crippen LogP contribution in [0.5, 0.6) is 5.75 Å². The van der Waals surface area contributed by atoms with Gasteiger partial charge in [0, 0.05) is 0 Å². The molecule has 0 aromatic heterocycles. The molecule has 3 heteroatoms. The summed E-state index contributed by atoms with van der Waals surface area (Å²) in [6.45, 7) is 1.01. The Morgan fingerprint density at radius 1 is 0.654 bits per heavy atom. The third-order valence-corrected chi connectivity index (χ3v) is 4.01. The van der Waals surface area contributed by atoms with E-state index in [9.17, 15) is 4.79 Å². The van der Waals surface area contributed by atoms with Crippen LogP contribution >= 0.6 is 0 Å². The molecule has 0 aliphatic heterocycles. The highest BCUT2D eigenvalue weighted by Gasteiger charge is 2.05. The van der Waals surface area contributed by atoms with E-state index in [1.165, 1.54) is 11.1 Å². The van der Waals surface area contributed by atoms with Crippen LogP contribution in [0.15, 0.2) is 84.9 Å². The van der Waals surface area contributed by atoms with E-state index in [0.29, 0.717) is 18.8 Å². The highest BCUT2D eigenvalue weighted by atomic mass is 16.5. The van der Waals surface area contributed by atoms with E-state index in [0.717, 1.165) is 18.6 Å². The van der Waals surface area contributed by atoms with Crippen molar-refractivity contribution in [3.05, 3.63) is 90.5 Å². The second-order valence-electron chi connectivity index (χ2n) is 5.95. The van der Waals surface area contributed by atoms with Crippen LogP contribution in [0.25, 0.3) is 11.1 Å². The minimum atomic E-state index is -0.275. The van der Waals surface area contributed by atoms with Crippen molar-refractivity contribution in [1.29, 1.82) is 0 Å². The first kappa shape index (κ1) is 17.7. The third-order valence-electron chi connectivity index (χ3n) is 4.01. The molecule has 0 aliphatic carbocycles. The van der Waals surface area contributed by atoms with E-state index >= 15 is 0 Å². The molecule has 0 unspecified atom stereocenters. The fourth-order valence-corrected chi connectivity index (χ4v) is 2.59. The molecular formula is C23H22O3. The van der Waals surface area contributed by atoms with Crippen LogP contribution < -0.4 is 4.74 Å². The van der Waals surface area contributed by atoms with Crippen molar-refractivity contribution in [1.82, 2.24) is 0 Å². The highest BCUT2D eigenvalue weighted by Crippen LogP contribution is 2.22. The lowest BCUT2D eigenvalue weighted by Crippen LogP contribution is -2.07. The van der Waals surface area contributed by atoms with E-state index in [2.05, 4.69) is 24.3 Å². The lowest BCUT2D eigenvalue weighted by Gasteiger charge is -2.08. The van der Waals surface area contributed by atoms with Gasteiger partial charge < -0.3 is 9.47 Å². The normalized spacial score (nSPS) is 10.3. The van der Waals surface area contributed by atoms with Crippen LogP contribution in [-0.4, -0.2) is 19.2 Å². The van der Waals surface area contributed by atoms with Gasteiger partial charge in [-0.2, -0.15) is 0 Å². The van der Waals surface area contributed by atoms with Crippen LogP contribution in [0.4, 0.5) is 0 Å². The molecule has 0 radical (unpaired) electrons. The molecular weight excluding hydrogens is 324 g/mol. The smallest absolute Gasteiger partial charge is 0.338 e. The number of ether oxygens (including phenoxy) is 2. The molecule has 132 valence electrons. The van der Waals surface area contributed by atoms with Gasteiger partial charge in [-0.1, -0.05) is 60.7 Å². The molecule has 0 saturated carbocycles. The van der Waals surface area contributed by atoms with E-state index in [1.54, 1.807) is 12.1 Å². The minimum Gasteiger partial charge on any atom is -0.494 e. The molecule has 0 fully saturated rings. The fourth-order valence-electron chi connectivity index (χ4n) is 2.59. The number of hydrogen-bond acceptors (Lipinski definition) is 3. The van der Waals surface area contributed by atoms with E-state index < -0.39 is 0 Å². The Bertz CT molecular complexity index is 796. The second-order valence-corrected chi connectivity index (χ2v) is 5.95. The number of rotatable bonds is 8. The second kappa shape index (κ2) is 9.42. The van der Waals surface area contributed by atoms with E-state index in [4.69, 9.17) is 9.47 Å². The summed E-state index contributed by atoms with van der Waals surface area (Å²) < 4.78 is 11.0. The Morgan fingerprint density at radius 3 is 1.92 bits per heavy atom.